The molecule has 0 aliphatic carbocycles. The lowest BCUT2D eigenvalue weighted by atomic mass is 10.1. The normalized spacial score (nSPS) is 14.1. The first kappa shape index (κ1) is 47.3. The van der Waals surface area contributed by atoms with Gasteiger partial charge in [0.2, 0.25) is 0 Å². The van der Waals surface area contributed by atoms with E-state index in [1.54, 1.807) is 41.4 Å². The number of aryl methyl sites for hydroxylation is 1. The maximum Gasteiger partial charge on any atom is 0.460 e. The van der Waals surface area contributed by atoms with Crippen LogP contribution in [0.4, 0.5) is 70.2 Å². The number of aromatic nitrogens is 2. The van der Waals surface area contributed by atoms with E-state index in [-0.39, 0.29) is 12.0 Å². The molecule has 0 aliphatic rings. The topological polar surface area (TPSA) is 62.7 Å². The second-order valence-electron chi connectivity index (χ2n) is 12.5. The molecule has 0 fully saturated rings. The van der Waals surface area contributed by atoms with Crippen molar-refractivity contribution in [2.75, 3.05) is 13.2 Å². The summed E-state index contributed by atoms with van der Waals surface area (Å²) in [4.78, 5) is 8.79. The molecule has 6 nitrogen and oxygen atoms in total. The van der Waals surface area contributed by atoms with Gasteiger partial charge in [0.15, 0.2) is 12.4 Å². The summed E-state index contributed by atoms with van der Waals surface area (Å²) in [5, 5.41) is 0. The van der Waals surface area contributed by atoms with Crippen molar-refractivity contribution >= 4 is 0 Å². The second kappa shape index (κ2) is 18.7. The number of halogens is 16. The van der Waals surface area contributed by atoms with Crippen molar-refractivity contribution in [2.24, 2.45) is 0 Å². The van der Waals surface area contributed by atoms with Gasteiger partial charge in [-0.25, -0.2) is 23.8 Å². The Bertz CT molecular complexity index is 1670. The third kappa shape index (κ3) is 12.7. The van der Waals surface area contributed by atoms with Gasteiger partial charge in [-0.3, -0.25) is 0 Å². The number of alkyl halides is 16. The molecule has 0 spiro atoms. The van der Waals surface area contributed by atoms with Gasteiger partial charge in [0.1, 0.15) is 24.3 Å². The molecule has 3 aromatic rings. The van der Waals surface area contributed by atoms with Crippen LogP contribution in [0.15, 0.2) is 60.9 Å². The highest BCUT2D eigenvalue weighted by molar-refractivity contribution is 5.55. The molecule has 0 amide bonds. The Morgan fingerprint density at radius 1 is 0.561 bits per heavy atom. The van der Waals surface area contributed by atoms with Crippen molar-refractivity contribution < 1.29 is 89.2 Å². The Kier molecular flexibility index (Phi) is 15.5. The van der Waals surface area contributed by atoms with Crippen molar-refractivity contribution in [1.82, 2.24) is 9.97 Å². The second-order valence-corrected chi connectivity index (χ2v) is 12.5. The van der Waals surface area contributed by atoms with Crippen molar-refractivity contribution in [3.8, 4) is 22.9 Å². The van der Waals surface area contributed by atoms with E-state index in [0.717, 1.165) is 49.1 Å². The Balaban J connectivity index is 1.47. The van der Waals surface area contributed by atoms with E-state index in [4.69, 9.17) is 4.74 Å². The van der Waals surface area contributed by atoms with Crippen LogP contribution in [0.1, 0.15) is 56.6 Å². The van der Waals surface area contributed by atoms with Gasteiger partial charge < -0.3 is 9.47 Å². The van der Waals surface area contributed by atoms with Crippen LogP contribution in [0.25, 0.3) is 11.4 Å². The molecule has 1 heterocycles. The van der Waals surface area contributed by atoms with Gasteiger partial charge in [-0.05, 0) is 60.4 Å². The molecule has 1 aromatic heterocycles. The fourth-order valence-electron chi connectivity index (χ4n) is 4.75. The van der Waals surface area contributed by atoms with E-state index in [1.165, 1.54) is 25.7 Å². The zero-order valence-electron chi connectivity index (χ0n) is 29.5. The van der Waals surface area contributed by atoms with E-state index in [1.807, 2.05) is 0 Å². The summed E-state index contributed by atoms with van der Waals surface area (Å²) in [6.45, 7) is -0.697. The first-order valence-electron chi connectivity index (χ1n) is 16.9. The maximum atomic E-state index is 14.6. The number of hydrogen-bond acceptors (Lipinski definition) is 6. The number of nitrogens with zero attached hydrogens (tertiary/aromatic N) is 2. The molecule has 0 aliphatic heterocycles. The minimum atomic E-state index is -7.95. The highest BCUT2D eigenvalue weighted by atomic mass is 19.4. The lowest BCUT2D eigenvalue weighted by Crippen LogP contribution is -2.64. The Morgan fingerprint density at radius 3 is 1.63 bits per heavy atom. The molecule has 57 heavy (non-hydrogen) atoms. The molecule has 0 unspecified atom stereocenters. The van der Waals surface area contributed by atoms with Crippen LogP contribution >= 0.6 is 0 Å². The largest absolute Gasteiger partial charge is 0.491 e. The molecule has 2 aromatic carbocycles. The molecular formula is C35H34F16N2O4. The van der Waals surface area contributed by atoms with Crippen molar-refractivity contribution in [3.63, 3.8) is 0 Å². The quantitative estimate of drug-likeness (QED) is 0.0700. The fourth-order valence-corrected chi connectivity index (χ4v) is 4.75. The zero-order chi connectivity index (χ0) is 42.9. The summed E-state index contributed by atoms with van der Waals surface area (Å²) in [5.74, 6) is -15.6. The first-order valence-corrected chi connectivity index (χ1v) is 16.9. The van der Waals surface area contributed by atoms with Crippen LogP contribution in [0.2, 0.25) is 0 Å². The third-order valence-electron chi connectivity index (χ3n) is 7.84. The monoisotopic (exact) mass is 850 g/mol. The SMILES string of the molecule is CCCCCCCCc1cnc(-c2ccc(OC[C@H](F)Cc3ccc(OCC(F)(F)OC(F)(F)C(F)(F)OC(F)(F)C(F)(F)C(F)(F)C(F)(F)F)cc3)cc2)nc1. The summed E-state index contributed by atoms with van der Waals surface area (Å²) < 4.78 is 226. The number of benzene rings is 2. The van der Waals surface area contributed by atoms with Gasteiger partial charge in [-0.2, -0.15) is 65.9 Å². The zero-order valence-corrected chi connectivity index (χ0v) is 29.5. The van der Waals surface area contributed by atoms with E-state index < -0.39 is 67.6 Å². The van der Waals surface area contributed by atoms with Crippen LogP contribution < -0.4 is 9.47 Å². The summed E-state index contributed by atoms with van der Waals surface area (Å²) in [7, 11) is 0. The average molecular weight is 851 g/mol. The van der Waals surface area contributed by atoms with Gasteiger partial charge in [0, 0.05) is 24.4 Å². The summed E-state index contributed by atoms with van der Waals surface area (Å²) >= 11 is 0. The van der Waals surface area contributed by atoms with Crippen molar-refractivity contribution in [3.05, 3.63) is 72.1 Å². The number of hydrogen-bond donors (Lipinski definition) is 0. The molecule has 0 saturated carbocycles. The lowest BCUT2D eigenvalue weighted by molar-refractivity contribution is -0.542. The van der Waals surface area contributed by atoms with Crippen LogP contribution in [-0.2, 0) is 22.3 Å². The molecule has 1 atom stereocenters. The Hall–Kier alpha value is -4.08. The van der Waals surface area contributed by atoms with Gasteiger partial charge in [-0.15, -0.1) is 0 Å². The molecule has 0 radical (unpaired) electrons. The van der Waals surface area contributed by atoms with Crippen LogP contribution in [-0.4, -0.2) is 71.8 Å². The third-order valence-corrected chi connectivity index (χ3v) is 7.84. The van der Waals surface area contributed by atoms with E-state index in [0.29, 0.717) is 17.1 Å². The molecule has 3 rings (SSSR count). The van der Waals surface area contributed by atoms with Crippen LogP contribution in [0, 0.1) is 0 Å². The minimum absolute atomic E-state index is 0.214. The standard InChI is InChI=1S/C35H34F16N2O4/c1-2-3-4-5-6-7-8-23-18-52-28(53-19-23)24-11-15-26(16-12-24)54-20-25(36)17-22-9-13-27(14-10-22)55-21-29(37,38)56-34(48,49)35(50,51)57-33(46,47)31(41,42)30(39,40)32(43,44)45/h9-16,18-19,25H,2-8,17,20-21H2,1H3/t25-/m1/s1. The highest BCUT2D eigenvalue weighted by Crippen LogP contribution is 2.56. The van der Waals surface area contributed by atoms with Crippen LogP contribution in [0.3, 0.4) is 0 Å². The number of ether oxygens (including phenoxy) is 4. The Morgan fingerprint density at radius 2 is 1.07 bits per heavy atom. The molecule has 320 valence electrons. The predicted molar refractivity (Wildman–Crippen MR) is 168 cm³/mol. The first-order chi connectivity index (χ1) is 26.2. The molecular weight excluding hydrogens is 816 g/mol. The summed E-state index contributed by atoms with van der Waals surface area (Å²) in [5.41, 5.74) is 1.91. The molecule has 0 N–H and O–H groups in total. The van der Waals surface area contributed by atoms with Gasteiger partial charge >= 0.3 is 42.5 Å². The van der Waals surface area contributed by atoms with Crippen molar-refractivity contribution in [1.29, 1.82) is 0 Å². The Labute approximate surface area is 314 Å². The summed E-state index contributed by atoms with van der Waals surface area (Å²) in [6.07, 6.45) is -25.9. The molecule has 0 saturated heterocycles. The van der Waals surface area contributed by atoms with Gasteiger partial charge in [-0.1, -0.05) is 51.2 Å². The predicted octanol–water partition coefficient (Wildman–Crippen LogP) is 11.6. The maximum absolute atomic E-state index is 14.6. The van der Waals surface area contributed by atoms with Crippen LogP contribution in [0.5, 0.6) is 11.5 Å². The minimum Gasteiger partial charge on any atom is -0.491 e. The number of unbranched alkanes of at least 4 members (excludes halogenated alkanes) is 5. The molecule has 0 bridgehead atoms. The fraction of sp³-hybridized carbons (Fsp3) is 0.543. The average Bonchev–Trinajstić information content (AvgIpc) is 3.11. The number of rotatable bonds is 23. The van der Waals surface area contributed by atoms with Gasteiger partial charge in [0.25, 0.3) is 0 Å². The molecule has 22 heteroatoms. The highest BCUT2D eigenvalue weighted by Gasteiger charge is 2.85. The van der Waals surface area contributed by atoms with E-state index in [9.17, 15) is 70.2 Å². The van der Waals surface area contributed by atoms with E-state index >= 15 is 0 Å². The van der Waals surface area contributed by atoms with Crippen molar-refractivity contribution in [2.45, 2.75) is 107 Å². The summed E-state index contributed by atoms with van der Waals surface area (Å²) in [6, 6.07) is 10.4. The smallest absolute Gasteiger partial charge is 0.460 e. The van der Waals surface area contributed by atoms with E-state index in [2.05, 4.69) is 26.4 Å². The van der Waals surface area contributed by atoms with Gasteiger partial charge in [0.05, 0.1) is 0 Å². The lowest BCUT2D eigenvalue weighted by Gasteiger charge is -2.36.